The number of aromatic amines is 1. The number of sulfonamides is 1. The first-order valence-corrected chi connectivity index (χ1v) is 13.2. The van der Waals surface area contributed by atoms with Crippen LogP contribution in [0.15, 0.2) is 41.4 Å². The second-order valence-corrected chi connectivity index (χ2v) is 11.7. The van der Waals surface area contributed by atoms with Crippen LogP contribution in [0.5, 0.6) is 0 Å². The lowest BCUT2D eigenvalue weighted by Gasteiger charge is -2.34. The third-order valence-electron chi connectivity index (χ3n) is 7.31. The molecule has 0 unspecified atom stereocenters. The molecule has 3 aromatic rings. The maximum Gasteiger partial charge on any atom is 0.211 e. The molecule has 172 valence electrons. The molecule has 2 aromatic carbocycles. The monoisotopic (exact) mass is 463 g/mol. The van der Waals surface area contributed by atoms with Crippen LogP contribution >= 0.6 is 0 Å². The average Bonchev–Trinajstić information content (AvgIpc) is 3.17. The molecule has 1 fully saturated rings. The zero-order valence-corrected chi connectivity index (χ0v) is 20.3. The first-order valence-electron chi connectivity index (χ1n) is 11.3. The molecular formula is C26H29N3O3S. The van der Waals surface area contributed by atoms with Crippen LogP contribution in [0.2, 0.25) is 0 Å². The van der Waals surface area contributed by atoms with Crippen molar-refractivity contribution in [2.45, 2.75) is 38.0 Å². The average molecular weight is 464 g/mol. The third-order valence-corrected chi connectivity index (χ3v) is 8.61. The van der Waals surface area contributed by atoms with Crippen molar-refractivity contribution in [3.63, 3.8) is 0 Å². The lowest BCUT2D eigenvalue weighted by atomic mass is 9.70. The molecule has 1 saturated heterocycles. The molecule has 0 spiro atoms. The maximum atomic E-state index is 13.6. The largest absolute Gasteiger partial charge is 0.357 e. The smallest absolute Gasteiger partial charge is 0.211 e. The maximum absolute atomic E-state index is 13.6. The highest BCUT2D eigenvalue weighted by Crippen LogP contribution is 2.45. The van der Waals surface area contributed by atoms with Crippen molar-refractivity contribution in [2.24, 2.45) is 4.99 Å². The fourth-order valence-corrected chi connectivity index (χ4v) is 6.34. The van der Waals surface area contributed by atoms with E-state index < -0.39 is 10.0 Å². The summed E-state index contributed by atoms with van der Waals surface area (Å²) in [5, 5.41) is 0.944. The number of carbonyl (C=O) groups is 1. The summed E-state index contributed by atoms with van der Waals surface area (Å²) in [4.78, 5) is 21.2. The summed E-state index contributed by atoms with van der Waals surface area (Å²) >= 11 is 0. The molecule has 1 aliphatic heterocycles. The van der Waals surface area contributed by atoms with Gasteiger partial charge in [0.05, 0.1) is 11.8 Å². The van der Waals surface area contributed by atoms with Crippen LogP contribution in [0.3, 0.4) is 0 Å². The number of hydrogen-bond acceptors (Lipinski definition) is 4. The first kappa shape index (κ1) is 22.0. The molecule has 2 aliphatic rings. The van der Waals surface area contributed by atoms with Gasteiger partial charge in [0.25, 0.3) is 0 Å². The normalized spacial score (nSPS) is 19.2. The summed E-state index contributed by atoms with van der Waals surface area (Å²) in [6, 6.07) is 12.2. The van der Waals surface area contributed by atoms with E-state index in [4.69, 9.17) is 0 Å². The van der Waals surface area contributed by atoms with Gasteiger partial charge >= 0.3 is 0 Å². The highest BCUT2D eigenvalue weighted by molar-refractivity contribution is 7.88. The number of aliphatic imine (C=N–C) groups is 1. The standard InChI is InChI=1S/C26H29N3O3S/c1-26(2)21-14-18(17-9-11-29(12-10-17)33(4,31)32)6-8-19(21)24(30)23-20-7-5-16(15-27-3)13-22(20)28-25(23)26/h5-8,13-15,17,28H,9-12H2,1-4H3/b27-15-. The van der Waals surface area contributed by atoms with Crippen LogP contribution in [-0.4, -0.2) is 56.1 Å². The topological polar surface area (TPSA) is 82.6 Å². The van der Waals surface area contributed by atoms with Gasteiger partial charge in [-0.05, 0) is 41.5 Å². The zero-order valence-electron chi connectivity index (χ0n) is 19.5. The van der Waals surface area contributed by atoms with Crippen molar-refractivity contribution in [3.05, 3.63) is 69.9 Å². The van der Waals surface area contributed by atoms with Gasteiger partial charge in [-0.2, -0.15) is 0 Å². The van der Waals surface area contributed by atoms with Gasteiger partial charge in [-0.15, -0.1) is 0 Å². The number of benzene rings is 2. The molecule has 1 aromatic heterocycles. The van der Waals surface area contributed by atoms with E-state index in [0.29, 0.717) is 19.0 Å². The van der Waals surface area contributed by atoms with E-state index >= 15 is 0 Å². The van der Waals surface area contributed by atoms with Gasteiger partial charge in [0.15, 0.2) is 5.78 Å². The number of hydrogen-bond donors (Lipinski definition) is 1. The van der Waals surface area contributed by atoms with Crippen LogP contribution in [0.1, 0.15) is 70.9 Å². The molecule has 1 aliphatic carbocycles. The van der Waals surface area contributed by atoms with Crippen molar-refractivity contribution in [1.29, 1.82) is 0 Å². The van der Waals surface area contributed by atoms with Gasteiger partial charge in [-0.1, -0.05) is 44.2 Å². The van der Waals surface area contributed by atoms with Crippen LogP contribution in [-0.2, 0) is 15.4 Å². The number of ketones is 1. The zero-order chi connectivity index (χ0) is 23.5. The van der Waals surface area contributed by atoms with E-state index in [2.05, 4.69) is 36.0 Å². The minimum Gasteiger partial charge on any atom is -0.357 e. The minimum absolute atomic E-state index is 0.0564. The molecule has 0 amide bonds. The number of H-pyrrole nitrogens is 1. The van der Waals surface area contributed by atoms with E-state index in [-0.39, 0.29) is 11.2 Å². The summed E-state index contributed by atoms with van der Waals surface area (Å²) in [7, 11) is -1.40. The van der Waals surface area contributed by atoms with E-state index in [1.165, 1.54) is 11.8 Å². The molecular weight excluding hydrogens is 434 g/mol. The first-order chi connectivity index (χ1) is 15.6. The molecule has 0 atom stereocenters. The molecule has 0 bridgehead atoms. The molecule has 5 rings (SSSR count). The van der Waals surface area contributed by atoms with E-state index in [0.717, 1.165) is 51.7 Å². The van der Waals surface area contributed by atoms with Crippen molar-refractivity contribution < 1.29 is 13.2 Å². The van der Waals surface area contributed by atoms with Gasteiger partial charge < -0.3 is 4.98 Å². The summed E-state index contributed by atoms with van der Waals surface area (Å²) in [6.45, 7) is 5.41. The Morgan fingerprint density at radius 1 is 1.12 bits per heavy atom. The Morgan fingerprint density at radius 2 is 1.85 bits per heavy atom. The van der Waals surface area contributed by atoms with Crippen molar-refractivity contribution >= 4 is 32.9 Å². The molecule has 2 heterocycles. The number of nitrogens with one attached hydrogen (secondary N) is 1. The third kappa shape index (κ3) is 3.54. The molecule has 33 heavy (non-hydrogen) atoms. The Kier molecular flexibility index (Phi) is 5.10. The fourth-order valence-electron chi connectivity index (χ4n) is 5.47. The molecule has 0 radical (unpaired) electrons. The van der Waals surface area contributed by atoms with Crippen molar-refractivity contribution in [1.82, 2.24) is 9.29 Å². The predicted octanol–water partition coefficient (Wildman–Crippen LogP) is 4.23. The molecule has 6 nitrogen and oxygen atoms in total. The van der Waals surface area contributed by atoms with Gasteiger partial charge in [0.1, 0.15) is 0 Å². The number of fused-ring (bicyclic) bond motifs is 4. The number of rotatable bonds is 3. The van der Waals surface area contributed by atoms with Crippen LogP contribution < -0.4 is 0 Å². The Bertz CT molecular complexity index is 1410. The van der Waals surface area contributed by atoms with Crippen molar-refractivity contribution in [3.8, 4) is 0 Å². The Balaban J connectivity index is 1.54. The Labute approximate surface area is 194 Å². The Morgan fingerprint density at radius 3 is 2.52 bits per heavy atom. The van der Waals surface area contributed by atoms with Gasteiger partial charge in [0, 0.05) is 53.9 Å². The lowest BCUT2D eigenvalue weighted by molar-refractivity contribution is 0.103. The van der Waals surface area contributed by atoms with E-state index in [1.54, 1.807) is 11.4 Å². The number of carbonyl (C=O) groups excluding carboxylic acids is 1. The summed E-state index contributed by atoms with van der Waals surface area (Å²) in [5.74, 6) is 0.347. The highest BCUT2D eigenvalue weighted by atomic mass is 32.2. The van der Waals surface area contributed by atoms with Gasteiger partial charge in [-0.3, -0.25) is 9.79 Å². The fraction of sp³-hybridized carbons (Fsp3) is 0.385. The quantitative estimate of drug-likeness (QED) is 0.590. The van der Waals surface area contributed by atoms with Gasteiger partial charge in [-0.25, -0.2) is 12.7 Å². The Hall–Kier alpha value is -2.77. The highest BCUT2D eigenvalue weighted by Gasteiger charge is 2.40. The number of piperidine rings is 1. The molecule has 0 saturated carbocycles. The molecule has 7 heteroatoms. The van der Waals surface area contributed by atoms with E-state index in [1.807, 2.05) is 30.5 Å². The lowest BCUT2D eigenvalue weighted by Crippen LogP contribution is -2.37. The second-order valence-electron chi connectivity index (χ2n) is 9.76. The SMILES string of the molecule is C/N=C\c1ccc2c3c([nH]c2c1)C(C)(C)c1cc(C2CCN(S(C)(=O)=O)CC2)ccc1C3=O. The molecule has 1 N–H and O–H groups in total. The van der Waals surface area contributed by atoms with Crippen LogP contribution in [0.4, 0.5) is 0 Å². The number of nitrogens with zero attached hydrogens (tertiary/aromatic N) is 2. The predicted molar refractivity (Wildman–Crippen MR) is 132 cm³/mol. The number of aromatic nitrogens is 1. The van der Waals surface area contributed by atoms with Gasteiger partial charge in [0.2, 0.25) is 10.0 Å². The summed E-state index contributed by atoms with van der Waals surface area (Å²) in [6.07, 6.45) is 4.66. The minimum atomic E-state index is -3.15. The summed E-state index contributed by atoms with van der Waals surface area (Å²) in [5.41, 5.74) is 6.26. The second kappa shape index (κ2) is 7.64. The van der Waals surface area contributed by atoms with Crippen molar-refractivity contribution in [2.75, 3.05) is 26.4 Å². The van der Waals surface area contributed by atoms with Crippen LogP contribution in [0.25, 0.3) is 10.9 Å². The van der Waals surface area contributed by atoms with E-state index in [9.17, 15) is 13.2 Å². The summed E-state index contributed by atoms with van der Waals surface area (Å²) < 4.78 is 25.3. The van der Waals surface area contributed by atoms with Crippen LogP contribution in [0, 0.1) is 0 Å².